The largest absolute Gasteiger partial charge is 0.412 e. The molecule has 0 unspecified atom stereocenters. The average Bonchev–Trinajstić information content (AvgIpc) is 3.02. The van der Waals surface area contributed by atoms with E-state index in [0.29, 0.717) is 5.41 Å². The van der Waals surface area contributed by atoms with Gasteiger partial charge in [0.15, 0.2) is 5.78 Å². The maximum atomic E-state index is 11.7. The quantitative estimate of drug-likeness (QED) is 0.559. The van der Waals surface area contributed by atoms with E-state index in [0.717, 1.165) is 12.0 Å². The Morgan fingerprint density at radius 1 is 0.731 bits per heavy atom. The van der Waals surface area contributed by atoms with Gasteiger partial charge in [0.1, 0.15) is 0 Å². The third kappa shape index (κ3) is 4.79. The van der Waals surface area contributed by atoms with E-state index in [1.54, 1.807) is 11.1 Å². The molecular weight excluding hydrogens is 324 g/mol. The summed E-state index contributed by atoms with van der Waals surface area (Å²) in [5.74, 6) is 8.29. The van der Waals surface area contributed by atoms with E-state index in [4.69, 9.17) is 0 Å². The summed E-state index contributed by atoms with van der Waals surface area (Å²) in [4.78, 5) is 11.7. The standard InChI is InChI=1S/C11H12O.C11H14.H4N2.H2O/c1-11(2)7-8-5-3-4-6-9(8)10(11)12;1-11(2)7-9-5-3-4-6-10(9)8-11;1-2;/h3-6H,7H2,1-2H3;3-6H,7-8H2,1-2H3;1-2H2;1H2. The molecule has 0 spiro atoms. The Morgan fingerprint density at radius 3 is 1.62 bits per heavy atom. The number of carbonyl (C=O) groups excluding carboxylic acids is 1. The van der Waals surface area contributed by atoms with Crippen molar-refractivity contribution in [2.45, 2.75) is 47.0 Å². The summed E-state index contributed by atoms with van der Waals surface area (Å²) in [6.45, 7) is 8.70. The van der Waals surface area contributed by atoms with Crippen molar-refractivity contribution >= 4 is 5.78 Å². The summed E-state index contributed by atoms with van der Waals surface area (Å²) < 4.78 is 0. The molecule has 142 valence electrons. The van der Waals surface area contributed by atoms with Gasteiger partial charge < -0.3 is 5.48 Å². The molecule has 4 rings (SSSR count). The Hall–Kier alpha value is -2.01. The van der Waals surface area contributed by atoms with Gasteiger partial charge in [-0.3, -0.25) is 16.5 Å². The molecule has 0 aromatic heterocycles. The van der Waals surface area contributed by atoms with Crippen LogP contribution in [0.2, 0.25) is 0 Å². The molecule has 6 N–H and O–H groups in total. The fourth-order valence-corrected chi connectivity index (χ4v) is 3.81. The highest BCUT2D eigenvalue weighted by Crippen LogP contribution is 2.36. The van der Waals surface area contributed by atoms with E-state index in [1.165, 1.54) is 18.4 Å². The number of carbonyl (C=O) groups is 1. The molecule has 0 heterocycles. The molecule has 2 aliphatic carbocycles. The van der Waals surface area contributed by atoms with Crippen molar-refractivity contribution in [3.05, 3.63) is 70.8 Å². The number of ketones is 1. The van der Waals surface area contributed by atoms with Gasteiger partial charge >= 0.3 is 0 Å². The van der Waals surface area contributed by atoms with Crippen molar-refractivity contribution in [2.24, 2.45) is 22.5 Å². The topological polar surface area (TPSA) is 101 Å². The molecule has 0 saturated heterocycles. The van der Waals surface area contributed by atoms with Crippen LogP contribution in [0.15, 0.2) is 48.5 Å². The molecule has 0 amide bonds. The Bertz CT molecular complexity index is 724. The van der Waals surface area contributed by atoms with Crippen LogP contribution in [0.5, 0.6) is 0 Å². The maximum Gasteiger partial charge on any atom is 0.169 e. The first-order valence-corrected chi connectivity index (χ1v) is 8.81. The van der Waals surface area contributed by atoms with Crippen molar-refractivity contribution in [1.82, 2.24) is 0 Å². The number of Topliss-reactive ketones (excluding diaryl/α,β-unsaturated/α-hetero) is 1. The lowest BCUT2D eigenvalue weighted by atomic mass is 9.89. The van der Waals surface area contributed by atoms with Crippen LogP contribution in [0, 0.1) is 10.8 Å². The number of hydrazine groups is 1. The van der Waals surface area contributed by atoms with Crippen molar-refractivity contribution < 1.29 is 10.3 Å². The number of nitrogens with two attached hydrogens (primary N) is 2. The van der Waals surface area contributed by atoms with Crippen LogP contribution in [-0.2, 0) is 19.3 Å². The summed E-state index contributed by atoms with van der Waals surface area (Å²) in [5.41, 5.74) is 5.55. The molecule has 2 aliphatic rings. The number of rotatable bonds is 0. The van der Waals surface area contributed by atoms with Crippen LogP contribution in [-0.4, -0.2) is 11.3 Å². The van der Waals surface area contributed by atoms with Crippen molar-refractivity contribution in [2.75, 3.05) is 0 Å². The number of benzene rings is 2. The van der Waals surface area contributed by atoms with E-state index in [9.17, 15) is 4.79 Å². The molecule has 2 aromatic rings. The summed E-state index contributed by atoms with van der Waals surface area (Å²) in [6, 6.07) is 16.7. The van der Waals surface area contributed by atoms with Crippen LogP contribution in [0.1, 0.15) is 54.7 Å². The van der Waals surface area contributed by atoms with Gasteiger partial charge in [0.05, 0.1) is 0 Å². The molecule has 0 bridgehead atoms. The van der Waals surface area contributed by atoms with Crippen LogP contribution in [0.25, 0.3) is 0 Å². The average molecular weight is 357 g/mol. The first-order chi connectivity index (χ1) is 11.8. The molecule has 0 radical (unpaired) electrons. The fourth-order valence-electron chi connectivity index (χ4n) is 3.81. The van der Waals surface area contributed by atoms with Crippen molar-refractivity contribution in [3.63, 3.8) is 0 Å². The SMILES string of the molecule is CC1(C)Cc2ccccc2C1.CC1(C)Cc2ccccc2C1=O.NN.O. The smallest absolute Gasteiger partial charge is 0.169 e. The van der Waals surface area contributed by atoms with Crippen molar-refractivity contribution in [3.8, 4) is 0 Å². The van der Waals surface area contributed by atoms with Gasteiger partial charge in [-0.2, -0.15) is 0 Å². The normalized spacial score (nSPS) is 17.5. The molecule has 0 fully saturated rings. The molecule has 0 atom stereocenters. The summed E-state index contributed by atoms with van der Waals surface area (Å²) in [7, 11) is 0. The number of hydrogen-bond acceptors (Lipinski definition) is 3. The van der Waals surface area contributed by atoms with Gasteiger partial charge in [-0.1, -0.05) is 76.2 Å². The zero-order valence-corrected chi connectivity index (χ0v) is 16.3. The minimum absolute atomic E-state index is 0. The predicted octanol–water partition coefficient (Wildman–Crippen LogP) is 3.26. The zero-order valence-electron chi connectivity index (χ0n) is 16.3. The minimum Gasteiger partial charge on any atom is -0.412 e. The van der Waals surface area contributed by atoms with Crippen LogP contribution in [0.4, 0.5) is 0 Å². The lowest BCUT2D eigenvalue weighted by molar-refractivity contribution is 0.0863. The molecule has 0 aliphatic heterocycles. The highest BCUT2D eigenvalue weighted by atomic mass is 16.1. The Balaban J connectivity index is 0.000000230. The first-order valence-electron chi connectivity index (χ1n) is 8.81. The minimum atomic E-state index is -0.177. The summed E-state index contributed by atoms with van der Waals surface area (Å²) in [5, 5.41) is 0. The van der Waals surface area contributed by atoms with E-state index < -0.39 is 0 Å². The lowest BCUT2D eigenvalue weighted by Crippen LogP contribution is -2.18. The molecule has 2 aromatic carbocycles. The van der Waals surface area contributed by atoms with Gasteiger partial charge in [-0.25, -0.2) is 0 Å². The highest BCUT2D eigenvalue weighted by molar-refractivity contribution is 6.04. The van der Waals surface area contributed by atoms with E-state index in [2.05, 4.69) is 49.8 Å². The van der Waals surface area contributed by atoms with Gasteiger partial charge in [-0.15, -0.1) is 0 Å². The number of fused-ring (bicyclic) bond motifs is 2. The molecule has 26 heavy (non-hydrogen) atoms. The lowest BCUT2D eigenvalue weighted by Gasteiger charge is -2.14. The second kappa shape index (κ2) is 8.58. The van der Waals surface area contributed by atoms with Gasteiger partial charge in [0.2, 0.25) is 0 Å². The van der Waals surface area contributed by atoms with Gasteiger partial charge in [0.25, 0.3) is 0 Å². The monoisotopic (exact) mass is 356 g/mol. The maximum absolute atomic E-state index is 11.7. The van der Waals surface area contributed by atoms with Crippen LogP contribution < -0.4 is 11.7 Å². The summed E-state index contributed by atoms with van der Waals surface area (Å²) in [6.07, 6.45) is 3.40. The second-order valence-corrected chi connectivity index (χ2v) is 8.33. The molecular formula is C22H32N2O2. The van der Waals surface area contributed by atoms with Gasteiger partial charge in [0, 0.05) is 11.0 Å². The van der Waals surface area contributed by atoms with Crippen LogP contribution in [0.3, 0.4) is 0 Å². The number of hydrogen-bond donors (Lipinski definition) is 2. The van der Waals surface area contributed by atoms with Gasteiger partial charge in [-0.05, 0) is 41.4 Å². The summed E-state index contributed by atoms with van der Waals surface area (Å²) >= 11 is 0. The fraction of sp³-hybridized carbons (Fsp3) is 0.409. The molecule has 0 saturated carbocycles. The van der Waals surface area contributed by atoms with Crippen LogP contribution >= 0.6 is 0 Å². The predicted molar refractivity (Wildman–Crippen MR) is 108 cm³/mol. The Labute approximate surface area is 156 Å². The Kier molecular flexibility index (Phi) is 7.27. The van der Waals surface area contributed by atoms with Crippen molar-refractivity contribution in [1.29, 1.82) is 0 Å². The third-order valence-corrected chi connectivity index (χ3v) is 4.97. The zero-order chi connectivity index (χ0) is 18.7. The second-order valence-electron chi connectivity index (χ2n) is 8.33. The van der Waals surface area contributed by atoms with E-state index >= 15 is 0 Å². The van der Waals surface area contributed by atoms with E-state index in [-0.39, 0.29) is 16.7 Å². The Morgan fingerprint density at radius 2 is 1.15 bits per heavy atom. The van der Waals surface area contributed by atoms with E-state index in [1.807, 2.05) is 38.1 Å². The third-order valence-electron chi connectivity index (χ3n) is 4.97. The highest BCUT2D eigenvalue weighted by Gasteiger charge is 2.36. The first kappa shape index (κ1) is 22.0. The molecule has 4 nitrogen and oxygen atoms in total. The molecule has 4 heteroatoms.